The van der Waals surface area contributed by atoms with Gasteiger partial charge in [-0.25, -0.2) is 0 Å². The van der Waals surface area contributed by atoms with Gasteiger partial charge >= 0.3 is 5.97 Å². The third kappa shape index (κ3) is 3.18. The Morgan fingerprint density at radius 3 is 2.53 bits per heavy atom. The van der Waals surface area contributed by atoms with Crippen LogP contribution in [0, 0.1) is 5.92 Å². The van der Waals surface area contributed by atoms with Crippen LogP contribution in [0.1, 0.15) is 33.1 Å². The summed E-state index contributed by atoms with van der Waals surface area (Å²) in [6.45, 7) is 4.33. The molecule has 0 aromatic heterocycles. The van der Waals surface area contributed by atoms with Crippen molar-refractivity contribution in [2.24, 2.45) is 5.92 Å². The number of esters is 1. The van der Waals surface area contributed by atoms with E-state index in [4.69, 9.17) is 0 Å². The van der Waals surface area contributed by atoms with E-state index in [2.05, 4.69) is 10.1 Å². The molecule has 0 aromatic rings. The van der Waals surface area contributed by atoms with Crippen LogP contribution in [0.15, 0.2) is 0 Å². The van der Waals surface area contributed by atoms with Gasteiger partial charge in [0.2, 0.25) is 0 Å². The molecule has 1 fully saturated rings. The maximum absolute atomic E-state index is 11.2. The molecule has 4 heteroatoms. The second-order valence-corrected chi connectivity index (χ2v) is 4.56. The Morgan fingerprint density at radius 2 is 2.13 bits per heavy atom. The maximum atomic E-state index is 11.2. The van der Waals surface area contributed by atoms with Crippen LogP contribution in [0.2, 0.25) is 0 Å². The maximum Gasteiger partial charge on any atom is 0.309 e. The molecule has 88 valence electrons. The molecule has 1 saturated carbocycles. The summed E-state index contributed by atoms with van der Waals surface area (Å²) in [6.07, 6.45) is 2.82. The molecule has 0 saturated heterocycles. The van der Waals surface area contributed by atoms with E-state index in [1.165, 1.54) is 7.11 Å². The lowest BCUT2D eigenvalue weighted by Gasteiger charge is -2.38. The highest BCUT2D eigenvalue weighted by molar-refractivity contribution is 5.72. The van der Waals surface area contributed by atoms with E-state index in [1.807, 2.05) is 13.8 Å². The Labute approximate surface area is 91.0 Å². The van der Waals surface area contributed by atoms with Crippen LogP contribution in [0.4, 0.5) is 0 Å². The number of hydrogen-bond donors (Lipinski definition) is 2. The van der Waals surface area contributed by atoms with E-state index in [-0.39, 0.29) is 17.9 Å². The van der Waals surface area contributed by atoms with Crippen LogP contribution in [0.5, 0.6) is 0 Å². The van der Waals surface area contributed by atoms with E-state index < -0.39 is 5.60 Å². The number of hydrogen-bond acceptors (Lipinski definition) is 4. The van der Waals surface area contributed by atoms with Gasteiger partial charge in [0.1, 0.15) is 0 Å². The Bertz CT molecular complexity index is 226. The van der Waals surface area contributed by atoms with Crippen LogP contribution in [0.3, 0.4) is 0 Å². The minimum atomic E-state index is -0.538. The zero-order valence-electron chi connectivity index (χ0n) is 9.75. The van der Waals surface area contributed by atoms with Crippen LogP contribution < -0.4 is 5.32 Å². The number of ether oxygens (including phenoxy) is 1. The zero-order valence-corrected chi connectivity index (χ0v) is 9.75. The Kier molecular flexibility index (Phi) is 4.11. The van der Waals surface area contributed by atoms with Crippen molar-refractivity contribution >= 4 is 5.97 Å². The molecule has 0 heterocycles. The third-order valence-electron chi connectivity index (χ3n) is 3.36. The summed E-state index contributed by atoms with van der Waals surface area (Å²) < 4.78 is 4.66. The smallest absolute Gasteiger partial charge is 0.309 e. The average Bonchev–Trinajstić information content (AvgIpc) is 2.20. The predicted octanol–water partition coefficient (Wildman–Crippen LogP) is 0.689. The lowest BCUT2D eigenvalue weighted by atomic mass is 9.80. The molecule has 15 heavy (non-hydrogen) atoms. The van der Waals surface area contributed by atoms with Gasteiger partial charge in [0, 0.05) is 12.6 Å². The molecule has 0 amide bonds. The molecule has 0 spiro atoms. The summed E-state index contributed by atoms with van der Waals surface area (Å²) in [5.41, 5.74) is -0.538. The number of carbonyl (C=O) groups excluding carboxylic acids is 1. The van der Waals surface area contributed by atoms with Crippen molar-refractivity contribution in [3.63, 3.8) is 0 Å². The fourth-order valence-corrected chi connectivity index (χ4v) is 1.68. The van der Waals surface area contributed by atoms with E-state index in [0.717, 1.165) is 19.3 Å². The third-order valence-corrected chi connectivity index (χ3v) is 3.36. The van der Waals surface area contributed by atoms with E-state index >= 15 is 0 Å². The van der Waals surface area contributed by atoms with Gasteiger partial charge in [-0.3, -0.25) is 4.79 Å². The molecule has 0 aromatic carbocycles. The van der Waals surface area contributed by atoms with Crippen molar-refractivity contribution in [1.29, 1.82) is 0 Å². The predicted molar refractivity (Wildman–Crippen MR) is 57.4 cm³/mol. The SMILES string of the molecule is COC(=O)C(C)C(C)NCC1(O)CCC1. The highest BCUT2D eigenvalue weighted by Crippen LogP contribution is 2.30. The second kappa shape index (κ2) is 4.94. The van der Waals surface area contributed by atoms with Gasteiger partial charge in [-0.1, -0.05) is 6.92 Å². The molecule has 0 bridgehead atoms. The second-order valence-electron chi connectivity index (χ2n) is 4.56. The van der Waals surface area contributed by atoms with E-state index in [9.17, 15) is 9.90 Å². The summed E-state index contributed by atoms with van der Waals surface area (Å²) >= 11 is 0. The number of carbonyl (C=O) groups is 1. The molecule has 4 nitrogen and oxygen atoms in total. The minimum Gasteiger partial charge on any atom is -0.469 e. The Morgan fingerprint density at radius 1 is 1.53 bits per heavy atom. The standard InChI is InChI=1S/C11H21NO3/c1-8(10(13)15-3)9(2)12-7-11(14)5-4-6-11/h8-9,12,14H,4-7H2,1-3H3. The van der Waals surface area contributed by atoms with Crippen LogP contribution >= 0.6 is 0 Å². The summed E-state index contributed by atoms with van der Waals surface area (Å²) in [4.78, 5) is 11.2. The molecule has 0 radical (unpaired) electrons. The van der Waals surface area contributed by atoms with Gasteiger partial charge in [0.25, 0.3) is 0 Å². The Balaban J connectivity index is 2.28. The van der Waals surface area contributed by atoms with Crippen LogP contribution in [0.25, 0.3) is 0 Å². The number of rotatable bonds is 5. The average molecular weight is 215 g/mol. The van der Waals surface area contributed by atoms with Crippen molar-refractivity contribution in [2.45, 2.75) is 44.8 Å². The quantitative estimate of drug-likeness (QED) is 0.662. The summed E-state index contributed by atoms with van der Waals surface area (Å²) in [7, 11) is 1.39. The first-order valence-corrected chi connectivity index (χ1v) is 5.52. The van der Waals surface area contributed by atoms with Gasteiger partial charge < -0.3 is 15.2 Å². The normalized spacial score (nSPS) is 22.7. The van der Waals surface area contributed by atoms with Gasteiger partial charge in [-0.05, 0) is 26.2 Å². The molecule has 1 rings (SSSR count). The zero-order chi connectivity index (χ0) is 11.5. The number of nitrogens with one attached hydrogen (secondary N) is 1. The fraction of sp³-hybridized carbons (Fsp3) is 0.909. The van der Waals surface area contributed by atoms with Gasteiger partial charge in [0.05, 0.1) is 18.6 Å². The van der Waals surface area contributed by atoms with Crippen molar-refractivity contribution in [3.05, 3.63) is 0 Å². The molecular formula is C11H21NO3. The molecule has 2 N–H and O–H groups in total. The monoisotopic (exact) mass is 215 g/mol. The van der Waals surface area contributed by atoms with Crippen LogP contribution in [-0.2, 0) is 9.53 Å². The van der Waals surface area contributed by atoms with Crippen molar-refractivity contribution < 1.29 is 14.6 Å². The molecule has 1 aliphatic carbocycles. The Hall–Kier alpha value is -0.610. The van der Waals surface area contributed by atoms with Crippen molar-refractivity contribution in [1.82, 2.24) is 5.32 Å². The van der Waals surface area contributed by atoms with Crippen LogP contribution in [-0.4, -0.2) is 36.4 Å². The summed E-state index contributed by atoms with van der Waals surface area (Å²) in [5.74, 6) is -0.394. The lowest BCUT2D eigenvalue weighted by Crippen LogP contribution is -2.50. The van der Waals surface area contributed by atoms with Crippen molar-refractivity contribution in [3.8, 4) is 0 Å². The first-order chi connectivity index (χ1) is 6.98. The van der Waals surface area contributed by atoms with Crippen molar-refractivity contribution in [2.75, 3.05) is 13.7 Å². The van der Waals surface area contributed by atoms with Gasteiger partial charge in [-0.15, -0.1) is 0 Å². The number of aliphatic hydroxyl groups is 1. The minimum absolute atomic E-state index is 0.0297. The highest BCUT2D eigenvalue weighted by Gasteiger charge is 2.35. The van der Waals surface area contributed by atoms with Gasteiger partial charge in [-0.2, -0.15) is 0 Å². The first-order valence-electron chi connectivity index (χ1n) is 5.52. The fourth-order valence-electron chi connectivity index (χ4n) is 1.68. The first kappa shape index (κ1) is 12.5. The highest BCUT2D eigenvalue weighted by atomic mass is 16.5. The van der Waals surface area contributed by atoms with E-state index in [0.29, 0.717) is 6.54 Å². The summed E-state index contributed by atoms with van der Waals surface area (Å²) in [5, 5.41) is 13.0. The topological polar surface area (TPSA) is 58.6 Å². The molecule has 1 aliphatic rings. The molecule has 2 unspecified atom stereocenters. The largest absolute Gasteiger partial charge is 0.469 e. The van der Waals surface area contributed by atoms with E-state index in [1.54, 1.807) is 0 Å². The van der Waals surface area contributed by atoms with Gasteiger partial charge in [0.15, 0.2) is 0 Å². The summed E-state index contributed by atoms with van der Waals surface area (Å²) in [6, 6.07) is 0.0297. The molecule has 0 aliphatic heterocycles. The molecule has 2 atom stereocenters. The lowest BCUT2D eigenvalue weighted by molar-refractivity contribution is -0.145. The molecular weight excluding hydrogens is 194 g/mol. The number of methoxy groups -OCH3 is 1.